The molecule has 28 heavy (non-hydrogen) atoms. The van der Waals surface area contributed by atoms with Crippen LogP contribution in [0.4, 0.5) is 0 Å². The molecule has 0 aromatic carbocycles. The van der Waals surface area contributed by atoms with Gasteiger partial charge in [0.05, 0.1) is 6.10 Å². The average Bonchev–Trinajstić information content (AvgIpc) is 3.09. The summed E-state index contributed by atoms with van der Waals surface area (Å²) in [5.41, 5.74) is 2.03. The molecule has 0 aromatic heterocycles. The van der Waals surface area contributed by atoms with Crippen molar-refractivity contribution in [2.45, 2.75) is 111 Å². The van der Waals surface area contributed by atoms with Gasteiger partial charge in [0.15, 0.2) is 0 Å². The molecule has 0 bridgehead atoms. The third-order valence-electron chi connectivity index (χ3n) is 9.92. The SMILES string of the molecule is [2H]C([2H])([2H])C([2H])(CCC[C@@H](C)[C@H]1CC[C@H]2[C@@H]3CC=C4C[C@@H](O)CC[C@]4(C)[C@H]3CC[C@]12C)C([2H])([2H])[2H]. The molecule has 0 aromatic rings. The number of aliphatic hydroxyl groups is 1. The van der Waals surface area contributed by atoms with Gasteiger partial charge in [0.25, 0.3) is 0 Å². The molecule has 0 unspecified atom stereocenters. The summed E-state index contributed by atoms with van der Waals surface area (Å²) in [6.45, 7) is 1.59. The Kier molecular flexibility index (Phi) is 3.85. The third-order valence-corrected chi connectivity index (χ3v) is 9.92. The lowest BCUT2D eigenvalue weighted by atomic mass is 9.47. The van der Waals surface area contributed by atoms with Crippen LogP contribution in [0, 0.1) is 46.3 Å². The van der Waals surface area contributed by atoms with Gasteiger partial charge in [0.1, 0.15) is 0 Å². The second kappa shape index (κ2) is 7.75. The molecule has 0 spiro atoms. The van der Waals surface area contributed by atoms with E-state index in [1.165, 1.54) is 31.3 Å². The van der Waals surface area contributed by atoms with Crippen LogP contribution in [-0.2, 0) is 0 Å². The molecule has 1 nitrogen and oxygen atoms in total. The van der Waals surface area contributed by atoms with Crippen LogP contribution in [-0.4, -0.2) is 11.2 Å². The summed E-state index contributed by atoms with van der Waals surface area (Å²) in [7, 11) is 0. The number of rotatable bonds is 5. The molecule has 4 aliphatic carbocycles. The number of hydrogen-bond acceptors (Lipinski definition) is 1. The Bertz CT molecular complexity index is 803. The van der Waals surface area contributed by atoms with E-state index in [-0.39, 0.29) is 23.4 Å². The molecular weight excluding hydrogens is 340 g/mol. The lowest BCUT2D eigenvalue weighted by molar-refractivity contribution is -0.0573. The molecule has 0 saturated heterocycles. The predicted octanol–water partition coefficient (Wildman–Crippen LogP) is 7.39. The minimum absolute atomic E-state index is 0.111. The molecule has 0 aliphatic heterocycles. The number of hydrogen-bond donors (Lipinski definition) is 1. The van der Waals surface area contributed by atoms with E-state index in [9.17, 15) is 5.11 Å². The zero-order chi connectivity index (χ0) is 26.0. The van der Waals surface area contributed by atoms with Crippen LogP contribution >= 0.6 is 0 Å². The van der Waals surface area contributed by atoms with Crippen molar-refractivity contribution in [2.24, 2.45) is 46.3 Å². The summed E-state index contributed by atoms with van der Waals surface area (Å²) in [4.78, 5) is 0. The Morgan fingerprint density at radius 1 is 1.14 bits per heavy atom. The summed E-state index contributed by atoms with van der Waals surface area (Å²) in [5, 5.41) is 10.2. The van der Waals surface area contributed by atoms with Gasteiger partial charge >= 0.3 is 0 Å². The highest BCUT2D eigenvalue weighted by molar-refractivity contribution is 5.25. The van der Waals surface area contributed by atoms with Crippen molar-refractivity contribution < 1.29 is 14.7 Å². The number of allylic oxidation sites excluding steroid dienone is 1. The van der Waals surface area contributed by atoms with Crippen LogP contribution in [0.2, 0.25) is 0 Å². The van der Waals surface area contributed by atoms with Gasteiger partial charge < -0.3 is 5.11 Å². The molecule has 160 valence electrons. The van der Waals surface area contributed by atoms with Gasteiger partial charge in [0.2, 0.25) is 0 Å². The smallest absolute Gasteiger partial charge is 0.0577 e. The highest BCUT2D eigenvalue weighted by Crippen LogP contribution is 2.67. The van der Waals surface area contributed by atoms with Gasteiger partial charge in [-0.1, -0.05) is 65.4 Å². The summed E-state index contributed by atoms with van der Waals surface area (Å²) in [5.74, 6) is 0.700. The van der Waals surface area contributed by atoms with E-state index in [2.05, 4.69) is 26.8 Å². The Morgan fingerprint density at radius 2 is 1.96 bits per heavy atom. The maximum atomic E-state index is 10.2. The molecule has 0 heterocycles. The molecule has 8 atom stereocenters. The van der Waals surface area contributed by atoms with E-state index < -0.39 is 19.6 Å². The zero-order valence-corrected chi connectivity index (χ0v) is 18.3. The first kappa shape index (κ1) is 13.9. The summed E-state index contributed by atoms with van der Waals surface area (Å²) in [6.07, 6.45) is 12.4. The standard InChI is InChI=1S/C27H46O/c1-18(2)7-6-8-19(3)23-11-12-24-22-10-9-20-17-21(28)13-15-26(20,4)25(22)14-16-27(23,24)5/h9,18-19,21-25,28H,6-8,10-17H2,1-5H3/t19-,21+,22+,23-,24+,25+,26+,27-/m1/s1/i1D3,2D3,18D. The Balaban J connectivity index is 1.43. The van der Waals surface area contributed by atoms with Crippen LogP contribution in [0.15, 0.2) is 11.6 Å². The molecule has 3 saturated carbocycles. The van der Waals surface area contributed by atoms with Crippen molar-refractivity contribution in [3.63, 3.8) is 0 Å². The van der Waals surface area contributed by atoms with Crippen molar-refractivity contribution in [1.82, 2.24) is 0 Å². The average molecular weight is 394 g/mol. The van der Waals surface area contributed by atoms with Crippen LogP contribution in [0.25, 0.3) is 0 Å². The molecule has 0 radical (unpaired) electrons. The lowest BCUT2D eigenvalue weighted by Gasteiger charge is -2.58. The lowest BCUT2D eigenvalue weighted by Crippen LogP contribution is -2.50. The van der Waals surface area contributed by atoms with Crippen molar-refractivity contribution >= 4 is 0 Å². The zero-order valence-electron chi connectivity index (χ0n) is 25.3. The molecule has 0 amide bonds. The van der Waals surface area contributed by atoms with Crippen molar-refractivity contribution in [1.29, 1.82) is 0 Å². The number of fused-ring (bicyclic) bond motifs is 5. The summed E-state index contributed by atoms with van der Waals surface area (Å²) < 4.78 is 54.5. The summed E-state index contributed by atoms with van der Waals surface area (Å²) in [6, 6.07) is 0. The first-order valence-electron chi connectivity index (χ1n) is 15.4. The van der Waals surface area contributed by atoms with Crippen molar-refractivity contribution in [3.05, 3.63) is 11.6 Å². The van der Waals surface area contributed by atoms with Gasteiger partial charge in [0, 0.05) is 9.60 Å². The van der Waals surface area contributed by atoms with Crippen LogP contribution in [0.5, 0.6) is 0 Å². The topological polar surface area (TPSA) is 20.2 Å². The minimum atomic E-state index is -2.82. The van der Waals surface area contributed by atoms with Crippen molar-refractivity contribution in [2.75, 3.05) is 0 Å². The van der Waals surface area contributed by atoms with E-state index in [1.54, 1.807) is 0 Å². The largest absolute Gasteiger partial charge is 0.393 e. The minimum Gasteiger partial charge on any atom is -0.393 e. The van der Waals surface area contributed by atoms with E-state index in [0.717, 1.165) is 32.1 Å². The van der Waals surface area contributed by atoms with Crippen LogP contribution < -0.4 is 0 Å². The predicted molar refractivity (Wildman–Crippen MR) is 119 cm³/mol. The Hall–Kier alpha value is -0.300. The highest BCUT2D eigenvalue weighted by Gasteiger charge is 2.59. The van der Waals surface area contributed by atoms with E-state index in [1.807, 2.05) is 0 Å². The fourth-order valence-corrected chi connectivity index (χ4v) is 8.42. The fourth-order valence-electron chi connectivity index (χ4n) is 8.42. The normalized spacial score (nSPS) is 51.5. The highest BCUT2D eigenvalue weighted by atomic mass is 16.3. The van der Waals surface area contributed by atoms with E-state index in [0.29, 0.717) is 36.0 Å². The van der Waals surface area contributed by atoms with Crippen LogP contribution in [0.3, 0.4) is 0 Å². The second-order valence-electron chi connectivity index (χ2n) is 11.2. The first-order valence-corrected chi connectivity index (χ1v) is 11.9. The maximum Gasteiger partial charge on any atom is 0.0577 e. The van der Waals surface area contributed by atoms with Crippen LogP contribution in [0.1, 0.15) is 115 Å². The molecular formula is C27H46O. The first-order chi connectivity index (χ1) is 16.0. The monoisotopic (exact) mass is 393 g/mol. The van der Waals surface area contributed by atoms with Gasteiger partial charge in [-0.15, -0.1) is 0 Å². The number of aliphatic hydroxyl groups excluding tert-OH is 1. The van der Waals surface area contributed by atoms with E-state index >= 15 is 0 Å². The Labute approximate surface area is 184 Å². The van der Waals surface area contributed by atoms with Gasteiger partial charge in [-0.05, 0) is 97.7 Å². The van der Waals surface area contributed by atoms with Gasteiger partial charge in [-0.3, -0.25) is 0 Å². The molecule has 3 fully saturated rings. The second-order valence-corrected chi connectivity index (χ2v) is 11.2. The molecule has 4 rings (SSSR count). The third kappa shape index (κ3) is 3.42. The molecule has 1 N–H and O–H groups in total. The van der Waals surface area contributed by atoms with Crippen molar-refractivity contribution in [3.8, 4) is 0 Å². The summed E-state index contributed by atoms with van der Waals surface area (Å²) >= 11 is 0. The molecule has 4 aliphatic rings. The fraction of sp³-hybridized carbons (Fsp3) is 0.926. The molecule has 1 heteroatoms. The maximum absolute atomic E-state index is 10.2. The Morgan fingerprint density at radius 3 is 2.75 bits per heavy atom. The van der Waals surface area contributed by atoms with Gasteiger partial charge in [-0.25, -0.2) is 0 Å². The van der Waals surface area contributed by atoms with Gasteiger partial charge in [-0.2, -0.15) is 0 Å². The quantitative estimate of drug-likeness (QED) is 0.483. The van der Waals surface area contributed by atoms with E-state index in [4.69, 9.17) is 9.60 Å².